The number of nitrogens with one attached hydrogen (secondary N) is 1. The molecule has 3 aromatic rings. The van der Waals surface area contributed by atoms with Crippen LogP contribution in [0.15, 0.2) is 64.2 Å². The van der Waals surface area contributed by atoms with Crippen molar-refractivity contribution in [1.82, 2.24) is 25.3 Å². The second kappa shape index (κ2) is 10.6. The van der Waals surface area contributed by atoms with Gasteiger partial charge < -0.3 is 14.7 Å². The summed E-state index contributed by atoms with van der Waals surface area (Å²) in [5, 5.41) is 7.33. The van der Waals surface area contributed by atoms with E-state index in [0.29, 0.717) is 30.4 Å². The Balaban J connectivity index is 0.00000261. The Kier molecular flexibility index (Phi) is 8.18. The molecule has 0 aliphatic rings. The van der Waals surface area contributed by atoms with Gasteiger partial charge >= 0.3 is 0 Å². The molecule has 0 saturated heterocycles. The van der Waals surface area contributed by atoms with E-state index in [1.165, 1.54) is 5.56 Å². The third kappa shape index (κ3) is 6.02. The minimum Gasteiger partial charge on any atom is -0.356 e. The standard InChI is InChI=1S/C19H22N6O.HI/c1-20-19(25(2)14-15-8-4-3-5-9-15)22-13-11-17-23-18(26-24-17)16-10-6-7-12-21-16;/h3-10,12H,11,13-14H2,1-2H3,(H,20,22);1H. The van der Waals surface area contributed by atoms with Gasteiger partial charge in [0.25, 0.3) is 5.89 Å². The van der Waals surface area contributed by atoms with E-state index in [9.17, 15) is 0 Å². The molecule has 0 fully saturated rings. The highest BCUT2D eigenvalue weighted by Gasteiger charge is 2.10. The van der Waals surface area contributed by atoms with Gasteiger partial charge in [0.15, 0.2) is 11.8 Å². The van der Waals surface area contributed by atoms with E-state index in [0.717, 1.165) is 12.5 Å². The van der Waals surface area contributed by atoms with Gasteiger partial charge in [-0.2, -0.15) is 4.98 Å². The predicted octanol–water partition coefficient (Wildman–Crippen LogP) is 3.00. The molecular formula is C19H23IN6O. The van der Waals surface area contributed by atoms with E-state index in [4.69, 9.17) is 4.52 Å². The molecule has 0 radical (unpaired) electrons. The monoisotopic (exact) mass is 478 g/mol. The summed E-state index contributed by atoms with van der Waals surface area (Å²) in [4.78, 5) is 15.0. The van der Waals surface area contributed by atoms with Crippen molar-refractivity contribution in [2.75, 3.05) is 20.6 Å². The molecule has 2 aromatic heterocycles. The average Bonchev–Trinajstić information content (AvgIpc) is 3.15. The van der Waals surface area contributed by atoms with Gasteiger partial charge in [0.1, 0.15) is 5.69 Å². The van der Waals surface area contributed by atoms with Crippen molar-refractivity contribution < 1.29 is 4.52 Å². The lowest BCUT2D eigenvalue weighted by atomic mass is 10.2. The number of aliphatic imine (C=N–C) groups is 1. The zero-order valence-electron chi connectivity index (χ0n) is 15.4. The quantitative estimate of drug-likeness (QED) is 0.334. The van der Waals surface area contributed by atoms with Crippen LogP contribution >= 0.6 is 24.0 Å². The normalized spacial score (nSPS) is 11.0. The molecule has 1 N–H and O–H groups in total. The summed E-state index contributed by atoms with van der Waals surface area (Å²) in [6.45, 7) is 1.44. The third-order valence-electron chi connectivity index (χ3n) is 3.82. The first-order valence-electron chi connectivity index (χ1n) is 8.46. The zero-order valence-corrected chi connectivity index (χ0v) is 17.7. The van der Waals surface area contributed by atoms with Gasteiger partial charge in [0.05, 0.1) is 0 Å². The second-order valence-corrected chi connectivity index (χ2v) is 5.80. The molecule has 0 saturated carbocycles. The van der Waals surface area contributed by atoms with Crippen LogP contribution in [-0.4, -0.2) is 46.6 Å². The lowest BCUT2D eigenvalue weighted by molar-refractivity contribution is 0.420. The van der Waals surface area contributed by atoms with Crippen molar-refractivity contribution in [2.45, 2.75) is 13.0 Å². The zero-order chi connectivity index (χ0) is 18.2. The topological polar surface area (TPSA) is 79.4 Å². The number of aromatic nitrogens is 3. The van der Waals surface area contributed by atoms with Crippen LogP contribution in [0.1, 0.15) is 11.4 Å². The van der Waals surface area contributed by atoms with E-state index in [1.807, 2.05) is 43.4 Å². The predicted molar refractivity (Wildman–Crippen MR) is 116 cm³/mol. The van der Waals surface area contributed by atoms with Gasteiger partial charge in [-0.25, -0.2) is 0 Å². The Morgan fingerprint density at radius 3 is 2.63 bits per heavy atom. The van der Waals surface area contributed by atoms with Gasteiger partial charge in [-0.1, -0.05) is 41.6 Å². The van der Waals surface area contributed by atoms with Gasteiger partial charge in [-0.3, -0.25) is 9.98 Å². The van der Waals surface area contributed by atoms with E-state index in [-0.39, 0.29) is 24.0 Å². The number of nitrogens with zero attached hydrogens (tertiary/aromatic N) is 5. The molecule has 3 rings (SSSR count). The van der Waals surface area contributed by atoms with Crippen LogP contribution < -0.4 is 5.32 Å². The maximum atomic E-state index is 5.27. The molecule has 8 heteroatoms. The van der Waals surface area contributed by atoms with Gasteiger partial charge in [0, 0.05) is 39.8 Å². The van der Waals surface area contributed by atoms with Crippen molar-refractivity contribution in [2.24, 2.45) is 4.99 Å². The van der Waals surface area contributed by atoms with E-state index >= 15 is 0 Å². The smallest absolute Gasteiger partial charge is 0.276 e. The number of benzene rings is 1. The first-order chi connectivity index (χ1) is 12.8. The Morgan fingerprint density at radius 1 is 1.15 bits per heavy atom. The fourth-order valence-corrected chi connectivity index (χ4v) is 2.55. The number of rotatable bonds is 6. The Bertz CT molecular complexity index is 838. The highest BCUT2D eigenvalue weighted by Crippen LogP contribution is 2.13. The molecule has 0 spiro atoms. The Morgan fingerprint density at radius 2 is 1.93 bits per heavy atom. The Hall–Kier alpha value is -2.49. The summed E-state index contributed by atoms with van der Waals surface area (Å²) in [7, 11) is 3.78. The van der Waals surface area contributed by atoms with Gasteiger partial charge in [-0.05, 0) is 17.7 Å². The maximum absolute atomic E-state index is 5.27. The van der Waals surface area contributed by atoms with Crippen molar-refractivity contribution in [3.8, 4) is 11.6 Å². The first kappa shape index (κ1) is 20.8. The number of guanidine groups is 1. The van der Waals surface area contributed by atoms with Gasteiger partial charge in [-0.15, -0.1) is 24.0 Å². The molecule has 7 nitrogen and oxygen atoms in total. The van der Waals surface area contributed by atoms with E-state index in [2.05, 4.69) is 42.5 Å². The van der Waals surface area contributed by atoms with Crippen LogP contribution in [0.4, 0.5) is 0 Å². The molecule has 0 bridgehead atoms. The van der Waals surface area contributed by atoms with Crippen LogP contribution in [0, 0.1) is 0 Å². The number of hydrogen-bond donors (Lipinski definition) is 1. The molecule has 1 aromatic carbocycles. The SMILES string of the molecule is CN=C(NCCc1noc(-c2ccccn2)n1)N(C)Cc1ccccc1.I. The molecule has 0 unspecified atom stereocenters. The number of pyridine rings is 1. The molecule has 142 valence electrons. The van der Waals surface area contributed by atoms with Crippen molar-refractivity contribution in [1.29, 1.82) is 0 Å². The summed E-state index contributed by atoms with van der Waals surface area (Å²) >= 11 is 0. The van der Waals surface area contributed by atoms with Crippen molar-refractivity contribution in [3.63, 3.8) is 0 Å². The highest BCUT2D eigenvalue weighted by atomic mass is 127. The van der Waals surface area contributed by atoms with Gasteiger partial charge in [0.2, 0.25) is 0 Å². The summed E-state index contributed by atoms with van der Waals surface area (Å²) in [5.74, 6) is 1.90. The first-order valence-corrected chi connectivity index (χ1v) is 8.46. The number of halogens is 1. The van der Waals surface area contributed by atoms with Crippen LogP contribution in [0.5, 0.6) is 0 Å². The molecule has 2 heterocycles. The molecule has 0 aliphatic heterocycles. The highest BCUT2D eigenvalue weighted by molar-refractivity contribution is 14.0. The minimum atomic E-state index is 0. The minimum absolute atomic E-state index is 0. The lowest BCUT2D eigenvalue weighted by Crippen LogP contribution is -2.39. The van der Waals surface area contributed by atoms with E-state index < -0.39 is 0 Å². The summed E-state index contributed by atoms with van der Waals surface area (Å²) < 4.78 is 5.27. The third-order valence-corrected chi connectivity index (χ3v) is 3.82. The summed E-state index contributed by atoms with van der Waals surface area (Å²) in [6, 6.07) is 15.9. The maximum Gasteiger partial charge on any atom is 0.276 e. The van der Waals surface area contributed by atoms with E-state index in [1.54, 1.807) is 13.2 Å². The fraction of sp³-hybridized carbons (Fsp3) is 0.263. The molecular weight excluding hydrogens is 455 g/mol. The van der Waals surface area contributed by atoms with Crippen LogP contribution in [0.3, 0.4) is 0 Å². The average molecular weight is 478 g/mol. The van der Waals surface area contributed by atoms with Crippen LogP contribution in [-0.2, 0) is 13.0 Å². The molecule has 27 heavy (non-hydrogen) atoms. The molecule has 0 aliphatic carbocycles. The van der Waals surface area contributed by atoms with Crippen LogP contribution in [0.25, 0.3) is 11.6 Å². The van der Waals surface area contributed by atoms with Crippen LogP contribution in [0.2, 0.25) is 0 Å². The second-order valence-electron chi connectivity index (χ2n) is 5.80. The molecule has 0 amide bonds. The summed E-state index contributed by atoms with van der Waals surface area (Å²) in [5.41, 5.74) is 1.91. The lowest BCUT2D eigenvalue weighted by Gasteiger charge is -2.22. The Labute approximate surface area is 175 Å². The largest absolute Gasteiger partial charge is 0.356 e. The molecule has 0 atom stereocenters. The number of hydrogen-bond acceptors (Lipinski definition) is 5. The summed E-state index contributed by atoms with van der Waals surface area (Å²) in [6.07, 6.45) is 2.34. The van der Waals surface area contributed by atoms with Crippen molar-refractivity contribution >= 4 is 29.9 Å². The fourth-order valence-electron chi connectivity index (χ4n) is 2.55. The van der Waals surface area contributed by atoms with Crippen molar-refractivity contribution in [3.05, 3.63) is 66.1 Å².